The van der Waals surface area contributed by atoms with Crippen molar-refractivity contribution in [2.75, 3.05) is 0 Å². The first-order chi connectivity index (χ1) is 15.5. The van der Waals surface area contributed by atoms with Crippen LogP contribution in [0.4, 0.5) is 0 Å². The zero-order chi connectivity index (χ0) is 23.6. The molecule has 1 amide bonds. The van der Waals surface area contributed by atoms with Gasteiger partial charge < -0.3 is 10.7 Å². The normalized spacial score (nSPS) is 23.4. The lowest BCUT2D eigenvalue weighted by Gasteiger charge is -2.36. The van der Waals surface area contributed by atoms with Crippen LogP contribution >= 0.6 is 0 Å². The number of H-pyrrole nitrogens is 1. The maximum absolute atomic E-state index is 12.7. The number of rotatable bonds is 6. The van der Waals surface area contributed by atoms with Gasteiger partial charge in [-0.15, -0.1) is 0 Å². The summed E-state index contributed by atoms with van der Waals surface area (Å²) in [7, 11) is -3.64. The Bertz CT molecular complexity index is 1340. The van der Waals surface area contributed by atoms with Crippen molar-refractivity contribution < 1.29 is 13.2 Å². The van der Waals surface area contributed by atoms with Crippen LogP contribution in [0.1, 0.15) is 74.0 Å². The third kappa shape index (κ3) is 3.63. The van der Waals surface area contributed by atoms with Crippen molar-refractivity contribution in [3.63, 3.8) is 0 Å². The molecule has 5 rings (SSSR count). The predicted octanol–water partition coefficient (Wildman–Crippen LogP) is 3.36. The monoisotopic (exact) mass is 467 g/mol. The molecule has 0 spiro atoms. The SMILES string of the molecule is CC(C)(C)NS(=O)(=O)c1ccc(C2CC2(c2ccnc3[nH]cc(C(N)=O)c23)C2CCC2)nc1. The van der Waals surface area contributed by atoms with Crippen LogP contribution in [0.25, 0.3) is 11.0 Å². The molecule has 33 heavy (non-hydrogen) atoms. The summed E-state index contributed by atoms with van der Waals surface area (Å²) in [5, 5.41) is 0.799. The van der Waals surface area contributed by atoms with Gasteiger partial charge in [-0.25, -0.2) is 18.1 Å². The number of nitrogens with two attached hydrogens (primary N) is 1. The Balaban J connectivity index is 1.54. The van der Waals surface area contributed by atoms with E-state index in [-0.39, 0.29) is 16.2 Å². The van der Waals surface area contributed by atoms with Gasteiger partial charge in [0.05, 0.1) is 5.56 Å². The summed E-state index contributed by atoms with van der Waals surface area (Å²) in [6.45, 7) is 5.42. The van der Waals surface area contributed by atoms with Gasteiger partial charge in [-0.1, -0.05) is 6.42 Å². The number of aromatic amines is 1. The van der Waals surface area contributed by atoms with Crippen molar-refractivity contribution in [1.82, 2.24) is 19.7 Å². The first-order valence-electron chi connectivity index (χ1n) is 11.3. The number of fused-ring (bicyclic) bond motifs is 1. The lowest BCUT2D eigenvalue weighted by molar-refractivity contribution is 0.100. The summed E-state index contributed by atoms with van der Waals surface area (Å²) in [4.78, 5) is 24.3. The Hall–Kier alpha value is -2.78. The molecule has 3 heterocycles. The lowest BCUT2D eigenvalue weighted by atomic mass is 9.68. The highest BCUT2D eigenvalue weighted by Crippen LogP contribution is 2.69. The molecule has 2 unspecified atom stereocenters. The molecule has 3 aromatic rings. The second-order valence-corrected chi connectivity index (χ2v) is 12.0. The van der Waals surface area contributed by atoms with E-state index in [1.165, 1.54) is 12.6 Å². The first kappa shape index (κ1) is 22.0. The van der Waals surface area contributed by atoms with Gasteiger partial charge in [-0.2, -0.15) is 0 Å². The van der Waals surface area contributed by atoms with Gasteiger partial charge in [0.2, 0.25) is 10.0 Å². The van der Waals surface area contributed by atoms with Crippen LogP contribution in [0.3, 0.4) is 0 Å². The van der Waals surface area contributed by atoms with E-state index in [2.05, 4.69) is 19.7 Å². The van der Waals surface area contributed by atoms with Crippen LogP contribution < -0.4 is 10.5 Å². The minimum Gasteiger partial charge on any atom is -0.366 e. The highest BCUT2D eigenvalue weighted by atomic mass is 32.2. The Morgan fingerprint density at radius 2 is 1.97 bits per heavy atom. The molecule has 0 saturated heterocycles. The predicted molar refractivity (Wildman–Crippen MR) is 125 cm³/mol. The second kappa shape index (κ2) is 7.36. The summed E-state index contributed by atoms with van der Waals surface area (Å²) >= 11 is 0. The fraction of sp³-hybridized carbons (Fsp3) is 0.458. The Kier molecular flexibility index (Phi) is 4.92. The number of nitrogens with one attached hydrogen (secondary N) is 2. The van der Waals surface area contributed by atoms with Crippen LogP contribution in [0, 0.1) is 5.92 Å². The highest BCUT2D eigenvalue weighted by Gasteiger charge is 2.62. The number of hydrogen-bond acceptors (Lipinski definition) is 5. The number of aromatic nitrogens is 3. The van der Waals surface area contributed by atoms with Crippen molar-refractivity contribution in [3.8, 4) is 0 Å². The van der Waals surface area contributed by atoms with Gasteiger partial charge in [-0.05, 0) is 69.7 Å². The Morgan fingerprint density at radius 1 is 1.21 bits per heavy atom. The smallest absolute Gasteiger partial charge is 0.250 e. The summed E-state index contributed by atoms with van der Waals surface area (Å²) in [6, 6.07) is 5.47. The molecule has 3 aromatic heterocycles. The molecule has 0 aliphatic heterocycles. The van der Waals surface area contributed by atoms with Gasteiger partial charge in [0.15, 0.2) is 0 Å². The number of carbonyl (C=O) groups excluding carboxylic acids is 1. The van der Waals surface area contributed by atoms with Gasteiger partial charge >= 0.3 is 0 Å². The van der Waals surface area contributed by atoms with Crippen molar-refractivity contribution in [2.24, 2.45) is 11.7 Å². The van der Waals surface area contributed by atoms with Gasteiger partial charge in [0.1, 0.15) is 10.5 Å². The number of pyridine rings is 2. The third-order valence-corrected chi connectivity index (χ3v) is 8.79. The second-order valence-electron chi connectivity index (χ2n) is 10.3. The number of carbonyl (C=O) groups is 1. The minimum atomic E-state index is -3.64. The maximum atomic E-state index is 12.7. The summed E-state index contributed by atoms with van der Waals surface area (Å²) < 4.78 is 28.0. The molecule has 4 N–H and O–H groups in total. The van der Waals surface area contributed by atoms with E-state index in [4.69, 9.17) is 5.73 Å². The molecule has 0 radical (unpaired) electrons. The topological polar surface area (TPSA) is 131 Å². The quantitative estimate of drug-likeness (QED) is 0.512. The summed E-state index contributed by atoms with van der Waals surface area (Å²) in [6.07, 6.45) is 9.19. The van der Waals surface area contributed by atoms with Crippen molar-refractivity contribution in [3.05, 3.63) is 53.6 Å². The molecule has 2 aliphatic rings. The molecular formula is C24H29N5O3S. The van der Waals surface area contributed by atoms with Crippen LogP contribution in [0.5, 0.6) is 0 Å². The van der Waals surface area contributed by atoms with Crippen LogP contribution in [0.15, 0.2) is 41.7 Å². The van der Waals surface area contributed by atoms with E-state index in [0.717, 1.165) is 35.9 Å². The fourth-order valence-electron chi connectivity index (χ4n) is 5.40. The molecule has 0 aromatic carbocycles. The van der Waals surface area contributed by atoms with Gasteiger partial charge in [0, 0.05) is 46.5 Å². The van der Waals surface area contributed by atoms with E-state index in [0.29, 0.717) is 17.1 Å². The van der Waals surface area contributed by atoms with Crippen LogP contribution in [-0.4, -0.2) is 34.8 Å². The lowest BCUT2D eigenvalue weighted by Crippen LogP contribution is -2.40. The highest BCUT2D eigenvalue weighted by molar-refractivity contribution is 7.89. The molecular weight excluding hydrogens is 438 g/mol. The standard InChI is InChI=1S/C24H29N5O3S/c1-23(2,3)29-33(31,32)15-7-8-19(27-12-15)18-11-24(18,14-5-4-6-14)17-9-10-26-22-20(17)16(13-28-22)21(25)30/h7-10,12-14,18,29H,4-6,11H2,1-3H3,(H2,25,30)(H,26,28). The number of primary amides is 1. The molecule has 2 saturated carbocycles. The van der Waals surface area contributed by atoms with E-state index >= 15 is 0 Å². The molecule has 174 valence electrons. The maximum Gasteiger partial charge on any atom is 0.250 e. The van der Waals surface area contributed by atoms with E-state index in [9.17, 15) is 13.2 Å². The molecule has 2 fully saturated rings. The van der Waals surface area contributed by atoms with Crippen molar-refractivity contribution in [1.29, 1.82) is 0 Å². The zero-order valence-corrected chi connectivity index (χ0v) is 19.9. The average molecular weight is 468 g/mol. The Morgan fingerprint density at radius 3 is 2.55 bits per heavy atom. The van der Waals surface area contributed by atoms with Crippen LogP contribution in [0.2, 0.25) is 0 Å². The van der Waals surface area contributed by atoms with E-state index < -0.39 is 21.5 Å². The largest absolute Gasteiger partial charge is 0.366 e. The van der Waals surface area contributed by atoms with Crippen molar-refractivity contribution >= 4 is 27.0 Å². The molecule has 2 atom stereocenters. The summed E-state index contributed by atoms with van der Waals surface area (Å²) in [5.74, 6) is 0.156. The third-order valence-electron chi connectivity index (χ3n) is 7.04. The van der Waals surface area contributed by atoms with Gasteiger partial charge in [-0.3, -0.25) is 9.78 Å². The number of sulfonamides is 1. The van der Waals surface area contributed by atoms with Gasteiger partial charge in [0.25, 0.3) is 5.91 Å². The van der Waals surface area contributed by atoms with Crippen molar-refractivity contribution in [2.45, 2.75) is 68.2 Å². The van der Waals surface area contributed by atoms with E-state index in [1.54, 1.807) is 39.2 Å². The zero-order valence-electron chi connectivity index (χ0n) is 19.1. The minimum absolute atomic E-state index is 0.149. The number of amides is 1. The Labute approximate surface area is 193 Å². The summed E-state index contributed by atoms with van der Waals surface area (Å²) in [5.41, 5.74) is 8.02. The number of nitrogens with zero attached hydrogens (tertiary/aromatic N) is 2. The first-order valence-corrected chi connectivity index (χ1v) is 12.8. The molecule has 8 nitrogen and oxygen atoms in total. The average Bonchev–Trinajstić information content (AvgIpc) is 3.24. The van der Waals surface area contributed by atoms with Crippen LogP contribution in [-0.2, 0) is 15.4 Å². The molecule has 2 aliphatic carbocycles. The number of hydrogen-bond donors (Lipinski definition) is 3. The molecule has 0 bridgehead atoms. The van der Waals surface area contributed by atoms with E-state index in [1.807, 2.05) is 12.1 Å². The molecule has 9 heteroatoms. The fourth-order valence-corrected chi connectivity index (χ4v) is 6.76.